The van der Waals surface area contributed by atoms with Gasteiger partial charge in [0, 0.05) is 0 Å². The minimum atomic E-state index is 1.17. The molecule has 0 radical (unpaired) electrons. The standard InChI is InChI=1S/C10H16S/c1-3-4-5-10-7-6-9(2)8-11-10/h7-8H,3-6H2,1-2H3. The van der Waals surface area contributed by atoms with Crippen LogP contribution in [0, 0.1) is 0 Å². The van der Waals surface area contributed by atoms with Gasteiger partial charge in [0.25, 0.3) is 0 Å². The van der Waals surface area contributed by atoms with Gasteiger partial charge in [0.1, 0.15) is 0 Å². The number of allylic oxidation sites excluding steroid dienone is 3. The number of unbranched alkanes of at least 4 members (excludes halogenated alkanes) is 1. The first-order chi connectivity index (χ1) is 5.33. The van der Waals surface area contributed by atoms with Crippen LogP contribution in [-0.2, 0) is 0 Å². The molecule has 0 aromatic heterocycles. The van der Waals surface area contributed by atoms with Crippen LogP contribution >= 0.6 is 11.8 Å². The molecule has 0 bridgehead atoms. The van der Waals surface area contributed by atoms with E-state index in [-0.39, 0.29) is 0 Å². The first-order valence-corrected chi connectivity index (χ1v) is 5.22. The third kappa shape index (κ3) is 3.15. The van der Waals surface area contributed by atoms with Crippen LogP contribution in [0.3, 0.4) is 0 Å². The third-order valence-corrected chi connectivity index (χ3v) is 3.03. The molecule has 0 aliphatic carbocycles. The van der Waals surface area contributed by atoms with Crippen LogP contribution < -0.4 is 0 Å². The van der Waals surface area contributed by atoms with E-state index in [1.807, 2.05) is 11.8 Å². The Bertz CT molecular complexity index is 177. The molecule has 1 heterocycles. The van der Waals surface area contributed by atoms with E-state index in [4.69, 9.17) is 0 Å². The first kappa shape index (κ1) is 8.92. The molecule has 0 aromatic carbocycles. The summed E-state index contributed by atoms with van der Waals surface area (Å²) in [7, 11) is 0. The summed E-state index contributed by atoms with van der Waals surface area (Å²) in [4.78, 5) is 1.57. The second-order valence-corrected chi connectivity index (χ2v) is 4.06. The second-order valence-electron chi connectivity index (χ2n) is 3.06. The summed E-state index contributed by atoms with van der Waals surface area (Å²) in [5.74, 6) is 0. The topological polar surface area (TPSA) is 0 Å². The molecule has 0 fully saturated rings. The van der Waals surface area contributed by atoms with Gasteiger partial charge in [0.2, 0.25) is 0 Å². The molecule has 0 saturated carbocycles. The Morgan fingerprint density at radius 2 is 2.36 bits per heavy atom. The molecule has 1 aliphatic heterocycles. The van der Waals surface area contributed by atoms with Crippen LogP contribution in [0.2, 0.25) is 0 Å². The molecule has 0 aromatic rings. The van der Waals surface area contributed by atoms with Crippen molar-refractivity contribution in [3.8, 4) is 0 Å². The van der Waals surface area contributed by atoms with Crippen LogP contribution in [0.4, 0.5) is 0 Å². The van der Waals surface area contributed by atoms with E-state index < -0.39 is 0 Å². The quantitative estimate of drug-likeness (QED) is 0.611. The van der Waals surface area contributed by atoms with E-state index in [9.17, 15) is 0 Å². The Morgan fingerprint density at radius 3 is 2.91 bits per heavy atom. The molecule has 0 amide bonds. The zero-order valence-electron chi connectivity index (χ0n) is 7.39. The van der Waals surface area contributed by atoms with Gasteiger partial charge in [0.05, 0.1) is 0 Å². The van der Waals surface area contributed by atoms with Gasteiger partial charge in [-0.3, -0.25) is 0 Å². The van der Waals surface area contributed by atoms with Crippen molar-refractivity contribution >= 4 is 11.8 Å². The highest BCUT2D eigenvalue weighted by Crippen LogP contribution is 2.29. The van der Waals surface area contributed by atoms with Gasteiger partial charge in [-0.05, 0) is 36.5 Å². The lowest BCUT2D eigenvalue weighted by molar-refractivity contribution is 0.806. The van der Waals surface area contributed by atoms with Gasteiger partial charge in [-0.2, -0.15) is 0 Å². The number of rotatable bonds is 3. The molecule has 11 heavy (non-hydrogen) atoms. The van der Waals surface area contributed by atoms with Crippen LogP contribution in [0.1, 0.15) is 39.5 Å². The minimum Gasteiger partial charge on any atom is -0.103 e. The van der Waals surface area contributed by atoms with Gasteiger partial charge >= 0.3 is 0 Å². The Kier molecular flexibility index (Phi) is 3.78. The summed E-state index contributed by atoms with van der Waals surface area (Å²) in [6, 6.07) is 0. The van der Waals surface area contributed by atoms with E-state index in [1.54, 1.807) is 4.91 Å². The van der Waals surface area contributed by atoms with Crippen LogP contribution in [0.5, 0.6) is 0 Å². The maximum atomic E-state index is 2.37. The third-order valence-electron chi connectivity index (χ3n) is 1.84. The molecule has 1 heteroatoms. The van der Waals surface area contributed by atoms with Crippen molar-refractivity contribution < 1.29 is 0 Å². The van der Waals surface area contributed by atoms with Crippen molar-refractivity contribution in [3.63, 3.8) is 0 Å². The van der Waals surface area contributed by atoms with E-state index in [2.05, 4.69) is 25.3 Å². The number of hydrogen-bond donors (Lipinski definition) is 0. The Morgan fingerprint density at radius 1 is 1.55 bits per heavy atom. The average Bonchev–Trinajstić information content (AvgIpc) is 2.04. The molecule has 0 atom stereocenters. The van der Waals surface area contributed by atoms with Crippen LogP contribution in [-0.4, -0.2) is 0 Å². The van der Waals surface area contributed by atoms with E-state index in [0.29, 0.717) is 0 Å². The predicted octanol–water partition coefficient (Wildman–Crippen LogP) is 4.10. The van der Waals surface area contributed by atoms with Crippen molar-refractivity contribution in [1.82, 2.24) is 0 Å². The predicted molar refractivity (Wildman–Crippen MR) is 53.6 cm³/mol. The van der Waals surface area contributed by atoms with E-state index >= 15 is 0 Å². The fourth-order valence-electron chi connectivity index (χ4n) is 1.06. The highest BCUT2D eigenvalue weighted by atomic mass is 32.2. The highest BCUT2D eigenvalue weighted by molar-refractivity contribution is 8.05. The van der Waals surface area contributed by atoms with Crippen molar-refractivity contribution in [2.45, 2.75) is 39.5 Å². The first-order valence-electron chi connectivity index (χ1n) is 4.34. The zero-order chi connectivity index (χ0) is 8.10. The highest BCUT2D eigenvalue weighted by Gasteiger charge is 2.01. The summed E-state index contributed by atoms with van der Waals surface area (Å²) < 4.78 is 0. The fourth-order valence-corrected chi connectivity index (χ4v) is 1.95. The second kappa shape index (κ2) is 4.66. The molecule has 1 rings (SSSR count). The van der Waals surface area contributed by atoms with Crippen LogP contribution in [0.15, 0.2) is 22.0 Å². The van der Waals surface area contributed by atoms with Crippen LogP contribution in [0.25, 0.3) is 0 Å². The number of hydrogen-bond acceptors (Lipinski definition) is 1. The molecule has 62 valence electrons. The average molecular weight is 168 g/mol. The van der Waals surface area contributed by atoms with Gasteiger partial charge in [-0.1, -0.05) is 25.0 Å². The van der Waals surface area contributed by atoms with E-state index in [0.717, 1.165) is 0 Å². The summed E-state index contributed by atoms with van der Waals surface area (Å²) in [6.07, 6.45) is 7.47. The Hall–Kier alpha value is -0.170. The van der Waals surface area contributed by atoms with Gasteiger partial charge < -0.3 is 0 Å². The smallest absolute Gasteiger partial charge is 0.0122 e. The molecular weight excluding hydrogens is 152 g/mol. The van der Waals surface area contributed by atoms with Gasteiger partial charge in [0.15, 0.2) is 0 Å². The summed E-state index contributed by atoms with van der Waals surface area (Å²) in [6.45, 7) is 4.44. The number of thioether (sulfide) groups is 1. The molecule has 0 nitrogen and oxygen atoms in total. The lowest BCUT2D eigenvalue weighted by Gasteiger charge is -2.09. The van der Waals surface area contributed by atoms with Crippen molar-refractivity contribution in [2.24, 2.45) is 0 Å². The van der Waals surface area contributed by atoms with E-state index in [1.165, 1.54) is 31.3 Å². The maximum Gasteiger partial charge on any atom is -0.0122 e. The van der Waals surface area contributed by atoms with Gasteiger partial charge in [-0.25, -0.2) is 0 Å². The molecule has 0 unspecified atom stereocenters. The fraction of sp³-hybridized carbons (Fsp3) is 0.600. The molecule has 0 N–H and O–H groups in total. The monoisotopic (exact) mass is 168 g/mol. The summed E-state index contributed by atoms with van der Waals surface area (Å²) in [5, 5.41) is 2.28. The molecular formula is C10H16S. The lowest BCUT2D eigenvalue weighted by atomic mass is 10.2. The van der Waals surface area contributed by atoms with Gasteiger partial charge in [-0.15, -0.1) is 11.8 Å². The molecule has 0 spiro atoms. The summed E-state index contributed by atoms with van der Waals surface area (Å²) >= 11 is 1.91. The van der Waals surface area contributed by atoms with Crippen molar-refractivity contribution in [3.05, 3.63) is 22.0 Å². The molecule has 1 aliphatic rings. The summed E-state index contributed by atoms with van der Waals surface area (Å²) in [5.41, 5.74) is 1.50. The SMILES string of the molecule is CCCCC1=CCC(C)=CS1. The van der Waals surface area contributed by atoms with Crippen molar-refractivity contribution in [1.29, 1.82) is 0 Å². The largest absolute Gasteiger partial charge is 0.103 e. The Labute approximate surface area is 73.8 Å². The minimum absolute atomic E-state index is 1.17. The molecule has 0 saturated heterocycles. The normalized spacial score (nSPS) is 17.6. The Balaban J connectivity index is 2.27. The maximum absolute atomic E-state index is 2.37. The van der Waals surface area contributed by atoms with Crippen molar-refractivity contribution in [2.75, 3.05) is 0 Å². The lowest BCUT2D eigenvalue weighted by Crippen LogP contribution is -1.84. The zero-order valence-corrected chi connectivity index (χ0v) is 8.21.